The van der Waals surface area contributed by atoms with Crippen LogP contribution in [0.5, 0.6) is 0 Å². The van der Waals surface area contributed by atoms with Crippen molar-refractivity contribution >= 4 is 40.8 Å². The van der Waals surface area contributed by atoms with Gasteiger partial charge >= 0.3 is 6.03 Å². The Kier molecular flexibility index (Phi) is 6.45. The molecule has 0 atom stereocenters. The average Bonchev–Trinajstić information content (AvgIpc) is 2.56. The molecule has 2 N–H and O–H groups in total. The standard InChI is InChI=1S/C16H16ClN3O3S/c1-2-9-18-16(21)19-11-3-8-15(14(17)10-11)24-13-6-4-12(5-7-13)20(22)23/h3-8,10H,2,9H2,1H3,(H2,18,19,21). The first kappa shape index (κ1) is 18.1. The predicted molar refractivity (Wildman–Crippen MR) is 96.0 cm³/mol. The van der Waals surface area contributed by atoms with Gasteiger partial charge in [0, 0.05) is 34.2 Å². The van der Waals surface area contributed by atoms with E-state index < -0.39 is 4.92 Å². The van der Waals surface area contributed by atoms with Crippen LogP contribution in [0.2, 0.25) is 5.02 Å². The number of rotatable bonds is 6. The molecule has 2 aromatic carbocycles. The molecule has 2 aromatic rings. The van der Waals surface area contributed by atoms with Crippen LogP contribution in [0.1, 0.15) is 13.3 Å². The summed E-state index contributed by atoms with van der Waals surface area (Å²) in [5, 5.41) is 16.6. The zero-order chi connectivity index (χ0) is 17.5. The highest BCUT2D eigenvalue weighted by Crippen LogP contribution is 2.35. The summed E-state index contributed by atoms with van der Waals surface area (Å²) in [6, 6.07) is 11.2. The minimum Gasteiger partial charge on any atom is -0.338 e. The summed E-state index contributed by atoms with van der Waals surface area (Å²) in [5.41, 5.74) is 0.643. The summed E-state index contributed by atoms with van der Waals surface area (Å²) < 4.78 is 0. The summed E-state index contributed by atoms with van der Waals surface area (Å²) in [6.07, 6.45) is 0.860. The van der Waals surface area contributed by atoms with Crippen molar-refractivity contribution in [3.8, 4) is 0 Å². The van der Waals surface area contributed by atoms with Gasteiger partial charge in [0.2, 0.25) is 0 Å². The number of hydrogen-bond donors (Lipinski definition) is 2. The van der Waals surface area contributed by atoms with Crippen molar-refractivity contribution in [2.24, 2.45) is 0 Å². The zero-order valence-corrected chi connectivity index (χ0v) is 14.5. The smallest absolute Gasteiger partial charge is 0.319 e. The molecule has 6 nitrogen and oxygen atoms in total. The fraction of sp³-hybridized carbons (Fsp3) is 0.188. The van der Waals surface area contributed by atoms with E-state index in [-0.39, 0.29) is 11.7 Å². The molecule has 0 fully saturated rings. The fourth-order valence-electron chi connectivity index (χ4n) is 1.84. The molecule has 0 unspecified atom stereocenters. The van der Waals surface area contributed by atoms with Gasteiger partial charge in [0.25, 0.3) is 5.69 Å². The summed E-state index contributed by atoms with van der Waals surface area (Å²) >= 11 is 7.64. The number of carbonyl (C=O) groups is 1. The molecule has 24 heavy (non-hydrogen) atoms. The number of amides is 2. The van der Waals surface area contributed by atoms with Crippen LogP contribution in [-0.4, -0.2) is 17.5 Å². The molecule has 0 saturated heterocycles. The number of nitro benzene ring substituents is 1. The Morgan fingerprint density at radius 3 is 2.54 bits per heavy atom. The molecule has 0 aliphatic rings. The maximum Gasteiger partial charge on any atom is 0.319 e. The van der Waals surface area contributed by atoms with E-state index in [1.807, 2.05) is 6.92 Å². The van der Waals surface area contributed by atoms with E-state index in [1.54, 1.807) is 30.3 Å². The molecule has 0 heterocycles. The lowest BCUT2D eigenvalue weighted by Crippen LogP contribution is -2.29. The third kappa shape index (κ3) is 5.14. The van der Waals surface area contributed by atoms with Gasteiger partial charge in [-0.25, -0.2) is 4.79 Å². The lowest BCUT2D eigenvalue weighted by molar-refractivity contribution is -0.384. The molecule has 0 aliphatic heterocycles. The Hall–Kier alpha value is -2.25. The zero-order valence-electron chi connectivity index (χ0n) is 12.9. The first-order chi connectivity index (χ1) is 11.5. The summed E-state index contributed by atoms with van der Waals surface area (Å²) in [5.74, 6) is 0. The van der Waals surface area contributed by atoms with Gasteiger partial charge in [-0.3, -0.25) is 10.1 Å². The Labute approximate surface area is 148 Å². The van der Waals surface area contributed by atoms with Crippen LogP contribution in [0.3, 0.4) is 0 Å². The molecule has 2 rings (SSSR count). The van der Waals surface area contributed by atoms with E-state index in [0.717, 1.165) is 16.2 Å². The van der Waals surface area contributed by atoms with E-state index in [4.69, 9.17) is 11.6 Å². The number of nitrogens with one attached hydrogen (secondary N) is 2. The van der Waals surface area contributed by atoms with Crippen molar-refractivity contribution < 1.29 is 9.72 Å². The molecule has 0 radical (unpaired) electrons. The Morgan fingerprint density at radius 2 is 1.96 bits per heavy atom. The van der Waals surface area contributed by atoms with Crippen molar-refractivity contribution in [2.45, 2.75) is 23.1 Å². The number of carbonyl (C=O) groups excluding carboxylic acids is 1. The number of nitro groups is 1. The van der Waals surface area contributed by atoms with Crippen molar-refractivity contribution in [3.63, 3.8) is 0 Å². The molecule has 0 aliphatic carbocycles. The largest absolute Gasteiger partial charge is 0.338 e. The van der Waals surface area contributed by atoms with Gasteiger partial charge in [-0.2, -0.15) is 0 Å². The normalized spacial score (nSPS) is 10.2. The quantitative estimate of drug-likeness (QED) is 0.561. The second-order valence-electron chi connectivity index (χ2n) is 4.88. The highest BCUT2D eigenvalue weighted by Gasteiger charge is 2.08. The SMILES string of the molecule is CCCNC(=O)Nc1ccc(Sc2ccc([N+](=O)[O-])cc2)c(Cl)c1. The van der Waals surface area contributed by atoms with Gasteiger partial charge in [-0.05, 0) is 36.8 Å². The molecule has 0 saturated carbocycles. The third-order valence-corrected chi connectivity index (χ3v) is 4.51. The molecule has 126 valence electrons. The first-order valence-electron chi connectivity index (χ1n) is 7.26. The Balaban J connectivity index is 2.04. The minimum absolute atomic E-state index is 0.0445. The topological polar surface area (TPSA) is 84.3 Å². The molecular formula is C16H16ClN3O3S. The fourth-order valence-corrected chi connectivity index (χ4v) is 2.95. The second kappa shape index (κ2) is 8.56. The van der Waals surface area contributed by atoms with Crippen LogP contribution in [0.4, 0.5) is 16.2 Å². The van der Waals surface area contributed by atoms with Crippen molar-refractivity contribution in [2.75, 3.05) is 11.9 Å². The number of hydrogen-bond acceptors (Lipinski definition) is 4. The van der Waals surface area contributed by atoms with E-state index >= 15 is 0 Å². The van der Waals surface area contributed by atoms with Crippen LogP contribution < -0.4 is 10.6 Å². The lowest BCUT2D eigenvalue weighted by atomic mass is 10.3. The van der Waals surface area contributed by atoms with E-state index in [0.29, 0.717) is 17.3 Å². The summed E-state index contributed by atoms with van der Waals surface area (Å²) in [6.45, 7) is 2.58. The van der Waals surface area contributed by atoms with Gasteiger partial charge in [0.05, 0.1) is 9.95 Å². The monoisotopic (exact) mass is 365 g/mol. The molecule has 0 bridgehead atoms. The van der Waals surface area contributed by atoms with Crippen molar-refractivity contribution in [1.82, 2.24) is 5.32 Å². The van der Waals surface area contributed by atoms with Gasteiger partial charge in [-0.15, -0.1) is 0 Å². The van der Waals surface area contributed by atoms with Crippen LogP contribution >= 0.6 is 23.4 Å². The molecule has 0 aromatic heterocycles. The first-order valence-corrected chi connectivity index (χ1v) is 8.45. The van der Waals surface area contributed by atoms with Crippen molar-refractivity contribution in [3.05, 3.63) is 57.6 Å². The lowest BCUT2D eigenvalue weighted by Gasteiger charge is -2.09. The number of benzene rings is 2. The highest BCUT2D eigenvalue weighted by atomic mass is 35.5. The molecule has 2 amide bonds. The van der Waals surface area contributed by atoms with Crippen LogP contribution in [0.25, 0.3) is 0 Å². The van der Waals surface area contributed by atoms with E-state index in [2.05, 4.69) is 10.6 Å². The molecule has 8 heteroatoms. The Bertz CT molecular complexity index is 738. The molecular weight excluding hydrogens is 350 g/mol. The number of halogens is 1. The predicted octanol–water partition coefficient (Wildman–Crippen LogP) is 4.93. The van der Waals surface area contributed by atoms with Crippen molar-refractivity contribution in [1.29, 1.82) is 0 Å². The van der Waals surface area contributed by atoms with Gasteiger partial charge in [-0.1, -0.05) is 30.3 Å². The minimum atomic E-state index is -0.439. The van der Waals surface area contributed by atoms with Crippen LogP contribution in [0, 0.1) is 10.1 Å². The number of non-ortho nitro benzene ring substituents is 1. The third-order valence-electron chi connectivity index (χ3n) is 3.00. The highest BCUT2D eigenvalue weighted by molar-refractivity contribution is 7.99. The summed E-state index contributed by atoms with van der Waals surface area (Å²) in [7, 11) is 0. The number of urea groups is 1. The average molecular weight is 366 g/mol. The van der Waals surface area contributed by atoms with Crippen LogP contribution in [0.15, 0.2) is 52.3 Å². The van der Waals surface area contributed by atoms with Gasteiger partial charge in [0.1, 0.15) is 0 Å². The maximum absolute atomic E-state index is 11.6. The van der Waals surface area contributed by atoms with Gasteiger partial charge < -0.3 is 10.6 Å². The number of nitrogens with zero attached hydrogens (tertiary/aromatic N) is 1. The van der Waals surface area contributed by atoms with Gasteiger partial charge in [0.15, 0.2) is 0 Å². The summed E-state index contributed by atoms with van der Waals surface area (Å²) in [4.78, 5) is 23.5. The Morgan fingerprint density at radius 1 is 1.25 bits per heavy atom. The number of anilines is 1. The molecule has 0 spiro atoms. The second-order valence-corrected chi connectivity index (χ2v) is 6.40. The van der Waals surface area contributed by atoms with E-state index in [1.165, 1.54) is 23.9 Å². The van der Waals surface area contributed by atoms with Crippen LogP contribution in [-0.2, 0) is 0 Å². The maximum atomic E-state index is 11.6. The van der Waals surface area contributed by atoms with E-state index in [9.17, 15) is 14.9 Å².